The fourth-order valence-corrected chi connectivity index (χ4v) is 8.76. The van der Waals surface area contributed by atoms with Gasteiger partial charge in [-0.2, -0.15) is 8.42 Å². The molecule has 4 N–H and O–H groups in total. The van der Waals surface area contributed by atoms with Crippen LogP contribution >= 0.6 is 0 Å². The van der Waals surface area contributed by atoms with Gasteiger partial charge in [0.1, 0.15) is 36.8 Å². The highest BCUT2D eigenvalue weighted by atomic mass is 32.2. The third kappa shape index (κ3) is 35.3. The Balaban J connectivity index is 2.35. The Hall–Kier alpha value is -1.61. The summed E-state index contributed by atoms with van der Waals surface area (Å²) in [4.78, 5) is 25.5. The molecular weight excluding hydrogens is 825 g/mol. The second kappa shape index (κ2) is 40.6. The average Bonchev–Trinajstić information content (AvgIpc) is 3.25. The molecule has 12 nitrogen and oxygen atoms in total. The molecule has 1 rings (SSSR count). The van der Waals surface area contributed by atoms with Crippen LogP contribution in [0.5, 0.6) is 0 Å². The van der Waals surface area contributed by atoms with E-state index in [1.165, 1.54) is 161 Å². The number of carbonyl (C=O) groups excluding carboxylic acids is 2. The maximum Gasteiger partial charge on any atom is 0.306 e. The van der Waals surface area contributed by atoms with Crippen LogP contribution in [0.15, 0.2) is 12.2 Å². The zero-order valence-electron chi connectivity index (χ0n) is 40.0. The number of hydrogen-bond donors (Lipinski definition) is 4. The van der Waals surface area contributed by atoms with E-state index in [-0.39, 0.29) is 19.4 Å². The zero-order chi connectivity index (χ0) is 46.2. The fraction of sp³-hybridized carbons (Fsp3) is 0.920. The van der Waals surface area contributed by atoms with Crippen molar-refractivity contribution in [2.45, 2.75) is 275 Å². The predicted octanol–water partition coefficient (Wildman–Crippen LogP) is 11.4. The minimum atomic E-state index is -4.60. The quantitative estimate of drug-likeness (QED) is 0.0196. The Morgan fingerprint density at radius 1 is 0.524 bits per heavy atom. The fourth-order valence-electron chi connectivity index (χ4n) is 8.07. The number of ether oxygens (including phenoxy) is 4. The Morgan fingerprint density at radius 2 is 0.921 bits per heavy atom. The van der Waals surface area contributed by atoms with Gasteiger partial charge in [-0.1, -0.05) is 206 Å². The lowest BCUT2D eigenvalue weighted by Gasteiger charge is -2.40. The molecule has 0 aromatic heterocycles. The molecule has 13 heteroatoms. The number of aliphatic hydroxyl groups is 3. The average molecular weight is 919 g/mol. The van der Waals surface area contributed by atoms with Gasteiger partial charge in [-0.05, 0) is 32.1 Å². The van der Waals surface area contributed by atoms with E-state index in [4.69, 9.17) is 18.9 Å². The van der Waals surface area contributed by atoms with Crippen molar-refractivity contribution in [2.75, 3.05) is 19.0 Å². The topological polar surface area (TPSA) is 186 Å². The summed E-state index contributed by atoms with van der Waals surface area (Å²) >= 11 is 0. The van der Waals surface area contributed by atoms with Crippen molar-refractivity contribution < 1.29 is 56.8 Å². The summed E-state index contributed by atoms with van der Waals surface area (Å²) in [5.41, 5.74) is 0. The Labute approximate surface area is 384 Å². The summed E-state index contributed by atoms with van der Waals surface area (Å²) in [6.45, 7) is 3.77. The molecule has 1 heterocycles. The SMILES string of the molecule is CCCC/C=C/CCCCCCCCCCCC(=O)OC[C@H](CO[C@H]1O[C@H](CS(=O)(=O)O)[C@@H](O)C(O)C1O)OC(=O)CCCCCCCCCCCCCCCCCCCCCC. The summed E-state index contributed by atoms with van der Waals surface area (Å²) in [5.74, 6) is -1.97. The summed E-state index contributed by atoms with van der Waals surface area (Å²) in [5, 5.41) is 31.0. The Kier molecular flexibility index (Phi) is 38.3. The lowest BCUT2D eigenvalue weighted by atomic mass is 10.00. The van der Waals surface area contributed by atoms with E-state index in [1.807, 2.05) is 0 Å². The van der Waals surface area contributed by atoms with Gasteiger partial charge >= 0.3 is 11.9 Å². The summed E-state index contributed by atoms with van der Waals surface area (Å²) in [7, 11) is -4.60. The number of rotatable bonds is 44. The van der Waals surface area contributed by atoms with E-state index in [0.717, 1.165) is 38.5 Å². The number of unbranched alkanes of at least 4 members (excludes halogenated alkanes) is 30. The molecule has 0 aliphatic carbocycles. The Morgan fingerprint density at radius 3 is 1.37 bits per heavy atom. The zero-order valence-corrected chi connectivity index (χ0v) is 40.8. The molecular formula is C50H94O12S. The molecule has 1 aliphatic heterocycles. The number of carbonyl (C=O) groups is 2. The van der Waals surface area contributed by atoms with Crippen molar-refractivity contribution in [1.29, 1.82) is 0 Å². The maximum absolute atomic E-state index is 12.9. The first-order chi connectivity index (χ1) is 30.5. The molecule has 1 aliphatic rings. The standard InChI is InChI=1S/C50H94O12S/c1-3-5-7-9-11-13-15-17-19-20-21-22-23-25-27-29-31-33-35-37-39-46(52)61-43(41-60-50-49(55)48(54)47(53)44(62-50)42-63(56,57)58)40-59-45(51)38-36-34-32-30-28-26-24-18-16-14-12-10-8-6-4-2/h10,12,43-44,47-50,53-55H,3-9,11,13-42H2,1-2H3,(H,56,57,58)/b12-10+/t43-,44-,47-,48?,49?,50+/m1/s1. The van der Waals surface area contributed by atoms with Gasteiger partial charge in [-0.25, -0.2) is 0 Å². The van der Waals surface area contributed by atoms with Gasteiger partial charge in [0.05, 0.1) is 6.61 Å². The largest absolute Gasteiger partial charge is 0.462 e. The predicted molar refractivity (Wildman–Crippen MR) is 252 cm³/mol. The van der Waals surface area contributed by atoms with Crippen LogP contribution in [0.2, 0.25) is 0 Å². The second-order valence-electron chi connectivity index (χ2n) is 18.2. The molecule has 0 aromatic carbocycles. The maximum atomic E-state index is 12.9. The molecule has 0 bridgehead atoms. The molecule has 0 radical (unpaired) electrons. The van der Waals surface area contributed by atoms with Crippen LogP contribution in [0.4, 0.5) is 0 Å². The highest BCUT2D eigenvalue weighted by molar-refractivity contribution is 7.85. The molecule has 0 aromatic rings. The summed E-state index contributed by atoms with van der Waals surface area (Å²) < 4.78 is 54.2. The molecule has 0 spiro atoms. The van der Waals surface area contributed by atoms with E-state index in [9.17, 15) is 37.9 Å². The first kappa shape index (κ1) is 59.4. The lowest BCUT2D eigenvalue weighted by Crippen LogP contribution is -2.60. The van der Waals surface area contributed by atoms with Crippen LogP contribution in [-0.2, 0) is 38.7 Å². The molecule has 1 saturated heterocycles. The van der Waals surface area contributed by atoms with Crippen LogP contribution in [0.1, 0.15) is 239 Å². The molecule has 6 atom stereocenters. The minimum absolute atomic E-state index is 0.170. The minimum Gasteiger partial charge on any atom is -0.462 e. The van der Waals surface area contributed by atoms with Crippen LogP contribution in [-0.4, -0.2) is 96.0 Å². The monoisotopic (exact) mass is 919 g/mol. The normalized spacial score (nSPS) is 19.7. The van der Waals surface area contributed by atoms with Crippen molar-refractivity contribution in [2.24, 2.45) is 0 Å². The highest BCUT2D eigenvalue weighted by Gasteiger charge is 2.46. The lowest BCUT2D eigenvalue weighted by molar-refractivity contribution is -0.297. The third-order valence-electron chi connectivity index (χ3n) is 12.1. The molecule has 63 heavy (non-hydrogen) atoms. The first-order valence-electron chi connectivity index (χ1n) is 25.7. The van der Waals surface area contributed by atoms with Gasteiger partial charge in [0, 0.05) is 12.8 Å². The van der Waals surface area contributed by atoms with Crippen LogP contribution < -0.4 is 0 Å². The van der Waals surface area contributed by atoms with Gasteiger partial charge in [-0.15, -0.1) is 0 Å². The number of allylic oxidation sites excluding steroid dienone is 2. The van der Waals surface area contributed by atoms with Crippen molar-refractivity contribution in [3.63, 3.8) is 0 Å². The van der Waals surface area contributed by atoms with E-state index in [2.05, 4.69) is 26.0 Å². The van der Waals surface area contributed by atoms with Crippen molar-refractivity contribution in [3.05, 3.63) is 12.2 Å². The van der Waals surface area contributed by atoms with Gasteiger partial charge in [0.25, 0.3) is 10.1 Å². The number of aliphatic hydroxyl groups excluding tert-OH is 3. The highest BCUT2D eigenvalue weighted by Crippen LogP contribution is 2.24. The van der Waals surface area contributed by atoms with Crippen LogP contribution in [0.3, 0.4) is 0 Å². The number of esters is 2. The van der Waals surface area contributed by atoms with Gasteiger partial charge in [0.15, 0.2) is 12.4 Å². The van der Waals surface area contributed by atoms with Gasteiger partial charge < -0.3 is 34.3 Å². The van der Waals surface area contributed by atoms with Crippen LogP contribution in [0, 0.1) is 0 Å². The van der Waals surface area contributed by atoms with Gasteiger partial charge in [0.2, 0.25) is 0 Å². The van der Waals surface area contributed by atoms with Crippen LogP contribution in [0.25, 0.3) is 0 Å². The van der Waals surface area contributed by atoms with E-state index >= 15 is 0 Å². The third-order valence-corrected chi connectivity index (χ3v) is 12.8. The molecule has 0 amide bonds. The molecule has 1 fully saturated rings. The molecule has 0 saturated carbocycles. The second-order valence-corrected chi connectivity index (χ2v) is 19.7. The summed E-state index contributed by atoms with van der Waals surface area (Å²) in [6, 6.07) is 0. The van der Waals surface area contributed by atoms with Gasteiger partial charge in [-0.3, -0.25) is 14.1 Å². The van der Waals surface area contributed by atoms with Crippen molar-refractivity contribution >= 4 is 22.1 Å². The molecule has 372 valence electrons. The van der Waals surface area contributed by atoms with E-state index < -0.39 is 71.2 Å². The Bertz CT molecular complexity index is 1210. The van der Waals surface area contributed by atoms with E-state index in [1.54, 1.807) is 0 Å². The smallest absolute Gasteiger partial charge is 0.306 e. The summed E-state index contributed by atoms with van der Waals surface area (Å²) in [6.07, 6.45) is 35.4. The first-order valence-corrected chi connectivity index (χ1v) is 27.4. The van der Waals surface area contributed by atoms with Crippen molar-refractivity contribution in [3.8, 4) is 0 Å². The van der Waals surface area contributed by atoms with Crippen molar-refractivity contribution in [1.82, 2.24) is 0 Å². The van der Waals surface area contributed by atoms with E-state index in [0.29, 0.717) is 12.8 Å². The number of hydrogen-bond acceptors (Lipinski definition) is 11. The molecule has 2 unspecified atom stereocenters.